The topological polar surface area (TPSA) is 95.1 Å². The molecule has 0 radical (unpaired) electrons. The highest BCUT2D eigenvalue weighted by molar-refractivity contribution is 8.03. The van der Waals surface area contributed by atoms with Crippen molar-refractivity contribution in [2.75, 3.05) is 11.1 Å². The lowest BCUT2D eigenvalue weighted by atomic mass is 9.79. The van der Waals surface area contributed by atoms with Crippen molar-refractivity contribution in [3.8, 4) is 6.07 Å². The van der Waals surface area contributed by atoms with Gasteiger partial charge in [0.15, 0.2) is 5.78 Å². The van der Waals surface area contributed by atoms with Crippen LogP contribution in [-0.4, -0.2) is 17.4 Å². The molecule has 1 aliphatic carbocycles. The summed E-state index contributed by atoms with van der Waals surface area (Å²) in [5, 5.41) is 16.6. The van der Waals surface area contributed by atoms with Gasteiger partial charge in [0.1, 0.15) is 5.76 Å². The number of aryl methyl sites for hydroxylation is 1. The average Bonchev–Trinajstić information content (AvgIpc) is 3.26. The molecule has 1 aromatic carbocycles. The van der Waals surface area contributed by atoms with E-state index in [0.717, 1.165) is 29.8 Å². The number of amides is 1. The molecule has 0 saturated heterocycles. The fraction of sp³-hybridized carbons (Fsp3) is 0.261. The molecule has 2 aromatic rings. The first-order chi connectivity index (χ1) is 14.6. The number of nitrogens with zero attached hydrogens (tertiary/aromatic N) is 1. The number of rotatable bonds is 5. The Hall–Kier alpha value is -3.24. The van der Waals surface area contributed by atoms with Crippen LogP contribution in [0.5, 0.6) is 0 Å². The Morgan fingerprint density at radius 3 is 2.93 bits per heavy atom. The number of Topliss-reactive ketones (excluding diaryl/α,β-unsaturated/α-hetero) is 1. The van der Waals surface area contributed by atoms with E-state index >= 15 is 0 Å². The van der Waals surface area contributed by atoms with Crippen LogP contribution in [0.1, 0.15) is 36.5 Å². The number of nitriles is 1. The number of benzene rings is 1. The second-order valence-corrected chi connectivity index (χ2v) is 8.29. The number of hydrogen-bond acceptors (Lipinski definition) is 6. The molecule has 6 nitrogen and oxygen atoms in total. The fourth-order valence-corrected chi connectivity index (χ4v) is 4.70. The van der Waals surface area contributed by atoms with Crippen LogP contribution in [0, 0.1) is 18.3 Å². The zero-order valence-corrected chi connectivity index (χ0v) is 17.3. The van der Waals surface area contributed by atoms with Crippen molar-refractivity contribution in [2.45, 2.75) is 32.1 Å². The van der Waals surface area contributed by atoms with E-state index in [-0.39, 0.29) is 17.4 Å². The van der Waals surface area contributed by atoms with Crippen molar-refractivity contribution < 1.29 is 14.0 Å². The molecule has 1 aliphatic heterocycles. The van der Waals surface area contributed by atoms with E-state index in [2.05, 4.69) is 16.7 Å². The maximum atomic E-state index is 12.7. The minimum atomic E-state index is -0.531. The molecular formula is C23H21N3O3S. The van der Waals surface area contributed by atoms with E-state index in [9.17, 15) is 14.9 Å². The normalized spacial score (nSPS) is 18.5. The molecule has 2 aliphatic rings. The van der Waals surface area contributed by atoms with E-state index in [1.54, 1.807) is 18.4 Å². The van der Waals surface area contributed by atoms with Crippen LogP contribution in [0.25, 0.3) is 0 Å². The lowest BCUT2D eigenvalue weighted by molar-refractivity contribution is -0.116. The maximum Gasteiger partial charge on any atom is 0.234 e. The van der Waals surface area contributed by atoms with Crippen molar-refractivity contribution in [1.29, 1.82) is 5.26 Å². The summed E-state index contributed by atoms with van der Waals surface area (Å²) in [7, 11) is 0. The summed E-state index contributed by atoms with van der Waals surface area (Å²) in [5.41, 5.74) is 3.65. The van der Waals surface area contributed by atoms with Gasteiger partial charge in [-0.3, -0.25) is 9.59 Å². The van der Waals surface area contributed by atoms with Crippen LogP contribution in [0.4, 0.5) is 5.69 Å². The van der Waals surface area contributed by atoms with Gasteiger partial charge < -0.3 is 15.1 Å². The maximum absolute atomic E-state index is 12.7. The summed E-state index contributed by atoms with van der Waals surface area (Å²) in [6.07, 6.45) is 3.51. The van der Waals surface area contributed by atoms with Crippen molar-refractivity contribution >= 4 is 29.1 Å². The van der Waals surface area contributed by atoms with Gasteiger partial charge in [-0.25, -0.2) is 0 Å². The Kier molecular flexibility index (Phi) is 5.77. The second kappa shape index (κ2) is 8.64. The molecule has 0 spiro atoms. The minimum Gasteiger partial charge on any atom is -0.468 e. The number of ketones is 1. The zero-order valence-electron chi connectivity index (χ0n) is 16.5. The summed E-state index contributed by atoms with van der Waals surface area (Å²) >= 11 is 1.27. The second-order valence-electron chi connectivity index (χ2n) is 7.30. The van der Waals surface area contributed by atoms with Crippen molar-refractivity contribution in [3.05, 3.63) is 75.9 Å². The smallest absolute Gasteiger partial charge is 0.234 e. The Labute approximate surface area is 179 Å². The molecule has 152 valence electrons. The number of anilines is 1. The van der Waals surface area contributed by atoms with E-state index in [0.29, 0.717) is 28.4 Å². The van der Waals surface area contributed by atoms with Gasteiger partial charge in [-0.1, -0.05) is 23.9 Å². The van der Waals surface area contributed by atoms with Gasteiger partial charge in [0.05, 0.1) is 34.6 Å². The summed E-state index contributed by atoms with van der Waals surface area (Å²) in [4.78, 5) is 25.1. The highest BCUT2D eigenvalue weighted by Gasteiger charge is 2.38. The van der Waals surface area contributed by atoms with Gasteiger partial charge in [-0.15, -0.1) is 0 Å². The van der Waals surface area contributed by atoms with Gasteiger partial charge >= 0.3 is 0 Å². The molecular weight excluding hydrogens is 398 g/mol. The number of furan rings is 1. The predicted molar refractivity (Wildman–Crippen MR) is 115 cm³/mol. The van der Waals surface area contributed by atoms with Crippen LogP contribution in [0.3, 0.4) is 0 Å². The highest BCUT2D eigenvalue weighted by atomic mass is 32.2. The molecule has 0 bridgehead atoms. The van der Waals surface area contributed by atoms with Gasteiger partial charge in [-0.2, -0.15) is 5.26 Å². The Balaban J connectivity index is 1.57. The zero-order chi connectivity index (χ0) is 21.1. The molecule has 2 heterocycles. The summed E-state index contributed by atoms with van der Waals surface area (Å²) in [5.74, 6) is 0.0583. The number of carbonyl (C=O) groups excluding carboxylic acids is 2. The summed E-state index contributed by atoms with van der Waals surface area (Å²) < 4.78 is 5.58. The predicted octanol–water partition coefficient (Wildman–Crippen LogP) is 4.39. The summed E-state index contributed by atoms with van der Waals surface area (Å²) in [6.45, 7) is 1.96. The first-order valence-electron chi connectivity index (χ1n) is 9.77. The molecule has 30 heavy (non-hydrogen) atoms. The third-order valence-electron chi connectivity index (χ3n) is 5.14. The lowest BCUT2D eigenvalue weighted by Crippen LogP contribution is -2.31. The largest absolute Gasteiger partial charge is 0.468 e. The van der Waals surface area contributed by atoms with Gasteiger partial charge in [-0.05, 0) is 49.6 Å². The van der Waals surface area contributed by atoms with E-state index in [1.165, 1.54) is 11.8 Å². The number of dihydropyridines is 1. The first kappa shape index (κ1) is 20.0. The van der Waals surface area contributed by atoms with Crippen molar-refractivity contribution in [2.24, 2.45) is 0 Å². The number of hydrogen-bond donors (Lipinski definition) is 2. The Morgan fingerprint density at radius 2 is 2.20 bits per heavy atom. The number of carbonyl (C=O) groups is 2. The van der Waals surface area contributed by atoms with Gasteiger partial charge in [0.2, 0.25) is 5.91 Å². The van der Waals surface area contributed by atoms with E-state index in [4.69, 9.17) is 4.42 Å². The molecule has 1 atom stereocenters. The van der Waals surface area contributed by atoms with Gasteiger partial charge in [0, 0.05) is 23.4 Å². The molecule has 1 aromatic heterocycles. The molecule has 0 fully saturated rings. The van der Waals surface area contributed by atoms with Crippen LogP contribution >= 0.6 is 11.8 Å². The average molecular weight is 420 g/mol. The third kappa shape index (κ3) is 4.05. The highest BCUT2D eigenvalue weighted by Crippen LogP contribution is 2.44. The van der Waals surface area contributed by atoms with Crippen LogP contribution in [0.2, 0.25) is 0 Å². The molecule has 7 heteroatoms. The monoisotopic (exact) mass is 419 g/mol. The summed E-state index contributed by atoms with van der Waals surface area (Å²) in [6, 6.07) is 13.4. The van der Waals surface area contributed by atoms with Crippen molar-refractivity contribution in [3.63, 3.8) is 0 Å². The molecule has 1 amide bonds. The van der Waals surface area contributed by atoms with Crippen LogP contribution < -0.4 is 10.6 Å². The van der Waals surface area contributed by atoms with Gasteiger partial charge in [0.25, 0.3) is 0 Å². The quantitative estimate of drug-likeness (QED) is 0.746. The fourth-order valence-electron chi connectivity index (χ4n) is 3.84. The molecule has 0 saturated carbocycles. The van der Waals surface area contributed by atoms with Crippen LogP contribution in [0.15, 0.2) is 69.0 Å². The SMILES string of the molecule is Cc1cccc(NC(=O)CSC2=C(C#N)[C@H](c3ccco3)C3=C(CCCC3=O)N2)c1. The third-order valence-corrected chi connectivity index (χ3v) is 6.16. The van der Waals surface area contributed by atoms with E-state index in [1.807, 2.05) is 31.2 Å². The van der Waals surface area contributed by atoms with E-state index < -0.39 is 5.92 Å². The standard InChI is InChI=1S/C23H21N3O3S/c1-14-5-2-6-15(11-14)25-20(28)13-30-23-16(12-24)21(19-9-4-10-29-19)22-17(26-23)7-3-8-18(22)27/h2,4-6,9-11,21,26H,3,7-8,13H2,1H3,(H,25,28)/t21-/m1/s1. The Morgan fingerprint density at radius 1 is 1.33 bits per heavy atom. The van der Waals surface area contributed by atoms with Crippen LogP contribution in [-0.2, 0) is 9.59 Å². The molecule has 2 N–H and O–H groups in total. The minimum absolute atomic E-state index is 0.0409. The lowest BCUT2D eigenvalue weighted by Gasteiger charge is -2.32. The number of thioether (sulfide) groups is 1. The molecule has 4 rings (SSSR count). The number of allylic oxidation sites excluding steroid dienone is 3. The first-order valence-corrected chi connectivity index (χ1v) is 10.8. The van der Waals surface area contributed by atoms with Crippen molar-refractivity contribution in [1.82, 2.24) is 5.32 Å². The Bertz CT molecular complexity index is 1090. The molecule has 0 unspecified atom stereocenters. The number of nitrogens with one attached hydrogen (secondary N) is 2.